The van der Waals surface area contributed by atoms with Crippen LogP contribution in [0.3, 0.4) is 0 Å². The number of amides is 1. The highest BCUT2D eigenvalue weighted by atomic mass is 16.5. The molecule has 4 nitrogen and oxygen atoms in total. The van der Waals surface area contributed by atoms with E-state index in [-0.39, 0.29) is 18.6 Å². The van der Waals surface area contributed by atoms with Crippen LogP contribution in [0.4, 0.5) is 0 Å². The quantitative estimate of drug-likeness (QED) is 0.565. The summed E-state index contributed by atoms with van der Waals surface area (Å²) in [5.41, 5.74) is 0.505. The number of rotatable bonds is 5. The number of nitrogens with one attached hydrogen (secondary N) is 1. The molecule has 1 atom stereocenters. The molecule has 4 heteroatoms. The van der Waals surface area contributed by atoms with Gasteiger partial charge in [-0.2, -0.15) is 0 Å². The van der Waals surface area contributed by atoms with Crippen LogP contribution in [0.5, 0.6) is 0 Å². The maximum Gasteiger partial charge on any atom is 0.339 e. The Kier molecular flexibility index (Phi) is 4.98. The lowest BCUT2D eigenvalue weighted by molar-refractivity contribution is -0.124. The van der Waals surface area contributed by atoms with Crippen LogP contribution < -0.4 is 5.32 Å². The lowest BCUT2D eigenvalue weighted by atomic mass is 9.97. The van der Waals surface area contributed by atoms with Crippen molar-refractivity contribution < 1.29 is 14.3 Å². The average molecular weight is 335 g/mol. The molecule has 3 rings (SSSR count). The number of carbonyl (C=O) groups excluding carboxylic acids is 2. The van der Waals surface area contributed by atoms with E-state index in [0.29, 0.717) is 5.56 Å². The zero-order chi connectivity index (χ0) is 17.8. The molecule has 0 saturated heterocycles. The van der Waals surface area contributed by atoms with Gasteiger partial charge in [0.1, 0.15) is 0 Å². The van der Waals surface area contributed by atoms with Crippen LogP contribution in [-0.4, -0.2) is 24.5 Å². The second-order valence-corrected chi connectivity index (χ2v) is 6.15. The van der Waals surface area contributed by atoms with E-state index in [4.69, 9.17) is 4.74 Å². The fourth-order valence-electron chi connectivity index (χ4n) is 2.86. The Bertz CT molecular complexity index is 879. The minimum atomic E-state index is -0.479. The summed E-state index contributed by atoms with van der Waals surface area (Å²) in [7, 11) is 0. The first-order valence-electron chi connectivity index (χ1n) is 8.47. The first-order valence-corrected chi connectivity index (χ1v) is 8.47. The Morgan fingerprint density at radius 2 is 1.56 bits per heavy atom. The van der Waals surface area contributed by atoms with E-state index in [1.807, 2.05) is 62.4 Å². The number of ether oxygens (including phenoxy) is 1. The number of esters is 1. The number of benzene rings is 3. The SMILES string of the molecule is CC[C@@H](C)NC(=O)COC(=O)c1c2ccccc2cc2ccccc12. The Balaban J connectivity index is 1.93. The molecule has 0 fully saturated rings. The molecule has 0 bridgehead atoms. The van der Waals surface area contributed by atoms with Gasteiger partial charge in [0.05, 0.1) is 5.56 Å². The standard InChI is InChI=1S/C21H21NO3/c1-3-14(2)22-19(23)13-25-21(24)20-17-10-6-4-8-15(17)12-16-9-5-7-11-18(16)20/h4-12,14H,3,13H2,1-2H3,(H,22,23)/t14-/m1/s1. The number of hydrogen-bond acceptors (Lipinski definition) is 3. The van der Waals surface area contributed by atoms with Crippen LogP contribution in [-0.2, 0) is 9.53 Å². The molecule has 0 unspecified atom stereocenters. The third-order valence-corrected chi connectivity index (χ3v) is 4.33. The fourth-order valence-corrected chi connectivity index (χ4v) is 2.86. The first kappa shape index (κ1) is 17.0. The maximum absolute atomic E-state index is 12.7. The normalized spacial score (nSPS) is 12.1. The second-order valence-electron chi connectivity index (χ2n) is 6.15. The van der Waals surface area contributed by atoms with Crippen molar-refractivity contribution in [3.8, 4) is 0 Å². The third-order valence-electron chi connectivity index (χ3n) is 4.33. The summed E-state index contributed by atoms with van der Waals surface area (Å²) in [6.45, 7) is 3.62. The topological polar surface area (TPSA) is 55.4 Å². The summed E-state index contributed by atoms with van der Waals surface area (Å²) in [5, 5.41) is 6.39. The summed E-state index contributed by atoms with van der Waals surface area (Å²) in [6, 6.07) is 17.5. The van der Waals surface area contributed by atoms with Crippen molar-refractivity contribution in [2.24, 2.45) is 0 Å². The molecule has 1 N–H and O–H groups in total. The van der Waals surface area contributed by atoms with Crippen molar-refractivity contribution in [2.75, 3.05) is 6.61 Å². The molecule has 0 radical (unpaired) electrons. The summed E-state index contributed by atoms with van der Waals surface area (Å²) in [4.78, 5) is 24.6. The van der Waals surface area contributed by atoms with Gasteiger partial charge in [0, 0.05) is 6.04 Å². The summed E-state index contributed by atoms with van der Waals surface area (Å²) in [6.07, 6.45) is 0.827. The fraction of sp³-hybridized carbons (Fsp3) is 0.238. The molecule has 0 aliphatic carbocycles. The van der Waals surface area contributed by atoms with Gasteiger partial charge in [-0.25, -0.2) is 4.79 Å². The Morgan fingerprint density at radius 1 is 1.00 bits per heavy atom. The van der Waals surface area contributed by atoms with Crippen LogP contribution in [0.2, 0.25) is 0 Å². The van der Waals surface area contributed by atoms with Gasteiger partial charge >= 0.3 is 5.97 Å². The van der Waals surface area contributed by atoms with E-state index >= 15 is 0 Å². The van der Waals surface area contributed by atoms with Crippen molar-refractivity contribution in [3.63, 3.8) is 0 Å². The van der Waals surface area contributed by atoms with E-state index < -0.39 is 5.97 Å². The number of fused-ring (bicyclic) bond motifs is 2. The molecule has 0 aromatic heterocycles. The van der Waals surface area contributed by atoms with Gasteiger partial charge in [-0.15, -0.1) is 0 Å². The van der Waals surface area contributed by atoms with Gasteiger partial charge in [0.15, 0.2) is 6.61 Å². The van der Waals surface area contributed by atoms with Crippen molar-refractivity contribution in [1.82, 2.24) is 5.32 Å². The van der Waals surface area contributed by atoms with E-state index in [9.17, 15) is 9.59 Å². The van der Waals surface area contributed by atoms with Gasteiger partial charge in [-0.1, -0.05) is 55.5 Å². The van der Waals surface area contributed by atoms with E-state index in [2.05, 4.69) is 11.4 Å². The lowest BCUT2D eigenvalue weighted by Crippen LogP contribution is -2.35. The summed E-state index contributed by atoms with van der Waals surface area (Å²) >= 11 is 0. The van der Waals surface area contributed by atoms with Crippen LogP contribution in [0.15, 0.2) is 54.6 Å². The van der Waals surface area contributed by atoms with Crippen molar-refractivity contribution in [1.29, 1.82) is 0 Å². The van der Waals surface area contributed by atoms with E-state index in [1.165, 1.54) is 0 Å². The Morgan fingerprint density at radius 3 is 2.12 bits per heavy atom. The molecule has 0 spiro atoms. The van der Waals surface area contributed by atoms with Gasteiger partial charge in [0.25, 0.3) is 5.91 Å². The van der Waals surface area contributed by atoms with Crippen LogP contribution in [0.25, 0.3) is 21.5 Å². The predicted octanol–water partition coefficient (Wildman–Crippen LogP) is 4.06. The zero-order valence-corrected chi connectivity index (χ0v) is 14.4. The Labute approximate surface area is 146 Å². The van der Waals surface area contributed by atoms with Gasteiger partial charge in [0.2, 0.25) is 0 Å². The molecule has 128 valence electrons. The second kappa shape index (κ2) is 7.34. The van der Waals surface area contributed by atoms with Crippen molar-refractivity contribution in [2.45, 2.75) is 26.3 Å². The van der Waals surface area contributed by atoms with Crippen molar-refractivity contribution in [3.05, 3.63) is 60.2 Å². The molecular weight excluding hydrogens is 314 g/mol. The smallest absolute Gasteiger partial charge is 0.339 e. The highest BCUT2D eigenvalue weighted by molar-refractivity contribution is 6.16. The number of carbonyl (C=O) groups is 2. The molecular formula is C21H21NO3. The predicted molar refractivity (Wildman–Crippen MR) is 99.6 cm³/mol. The van der Waals surface area contributed by atoms with E-state index in [0.717, 1.165) is 28.0 Å². The van der Waals surface area contributed by atoms with Crippen LogP contribution in [0, 0.1) is 0 Å². The van der Waals surface area contributed by atoms with Gasteiger partial charge in [-0.05, 0) is 41.0 Å². The molecule has 1 amide bonds. The summed E-state index contributed by atoms with van der Waals surface area (Å²) in [5.74, 6) is -0.764. The highest BCUT2D eigenvalue weighted by Gasteiger charge is 2.17. The molecule has 25 heavy (non-hydrogen) atoms. The molecule has 0 aliphatic rings. The zero-order valence-electron chi connectivity index (χ0n) is 14.4. The monoisotopic (exact) mass is 335 g/mol. The van der Waals surface area contributed by atoms with Crippen molar-refractivity contribution >= 4 is 33.4 Å². The van der Waals surface area contributed by atoms with Crippen LogP contribution in [0.1, 0.15) is 30.6 Å². The molecule has 0 aliphatic heterocycles. The maximum atomic E-state index is 12.7. The molecule has 3 aromatic rings. The van der Waals surface area contributed by atoms with E-state index in [1.54, 1.807) is 0 Å². The third kappa shape index (κ3) is 3.63. The van der Waals surface area contributed by atoms with Gasteiger partial charge in [-0.3, -0.25) is 4.79 Å². The average Bonchev–Trinajstić information content (AvgIpc) is 2.64. The lowest BCUT2D eigenvalue weighted by Gasteiger charge is -2.13. The molecule has 0 saturated carbocycles. The number of hydrogen-bond donors (Lipinski definition) is 1. The molecule has 3 aromatic carbocycles. The highest BCUT2D eigenvalue weighted by Crippen LogP contribution is 2.29. The minimum absolute atomic E-state index is 0.0598. The largest absolute Gasteiger partial charge is 0.452 e. The molecule has 0 heterocycles. The Hall–Kier alpha value is -2.88. The summed E-state index contributed by atoms with van der Waals surface area (Å²) < 4.78 is 5.30. The minimum Gasteiger partial charge on any atom is -0.452 e. The first-order chi connectivity index (χ1) is 12.1. The van der Waals surface area contributed by atoms with Crippen LogP contribution >= 0.6 is 0 Å². The van der Waals surface area contributed by atoms with Gasteiger partial charge < -0.3 is 10.1 Å².